The van der Waals surface area contributed by atoms with E-state index in [9.17, 15) is 0 Å². The fraction of sp³-hybridized carbons (Fsp3) is 0.917. The van der Waals surface area contributed by atoms with Crippen LogP contribution in [0, 0.1) is 5.92 Å². The molecule has 24 heavy (non-hydrogen) atoms. The molecule has 1 unspecified atom stereocenters. The molecule has 0 heterocycles. The molecule has 0 fully saturated rings. The maximum Gasteiger partial charge on any atom is -0.0234 e. The molecule has 0 spiro atoms. The van der Waals surface area contributed by atoms with Gasteiger partial charge in [0.05, 0.1) is 0 Å². The molecular weight excluding hydrogens is 288 g/mol. The fourth-order valence-corrected chi connectivity index (χ4v) is 3.58. The zero-order chi connectivity index (χ0) is 17.7. The molecule has 0 radical (unpaired) electrons. The molecule has 0 aromatic heterocycles. The van der Waals surface area contributed by atoms with Gasteiger partial charge >= 0.3 is 0 Å². The van der Waals surface area contributed by atoms with Crippen LogP contribution in [0.2, 0.25) is 0 Å². The van der Waals surface area contributed by atoms with Crippen molar-refractivity contribution in [3.05, 3.63) is 12.2 Å². The molecule has 0 rings (SSSR count). The van der Waals surface area contributed by atoms with Crippen molar-refractivity contribution in [2.75, 3.05) is 0 Å². The van der Waals surface area contributed by atoms with Gasteiger partial charge in [-0.25, -0.2) is 0 Å². The summed E-state index contributed by atoms with van der Waals surface area (Å²) in [4.78, 5) is 0. The average Bonchev–Trinajstić information content (AvgIpc) is 2.59. The van der Waals surface area contributed by atoms with Crippen LogP contribution in [0.1, 0.15) is 136 Å². The largest absolute Gasteiger partial charge is 0.0883 e. The van der Waals surface area contributed by atoms with Crippen LogP contribution in [0.15, 0.2) is 12.2 Å². The van der Waals surface area contributed by atoms with Crippen LogP contribution in [0.4, 0.5) is 0 Å². The Balaban J connectivity index is 3.54. The highest BCUT2D eigenvalue weighted by Gasteiger charge is 2.03. The second kappa shape index (κ2) is 20.8. The Bertz CT molecular complexity index is 240. The van der Waals surface area contributed by atoms with Crippen LogP contribution in [0.5, 0.6) is 0 Å². The third kappa shape index (κ3) is 18.1. The van der Waals surface area contributed by atoms with Gasteiger partial charge in [-0.15, -0.1) is 0 Å². The number of hydrogen-bond donors (Lipinski definition) is 0. The van der Waals surface area contributed by atoms with Crippen LogP contribution in [0.25, 0.3) is 0 Å². The predicted octanol–water partition coefficient (Wildman–Crippen LogP) is 9.24. The Kier molecular flexibility index (Phi) is 20.6. The highest BCUT2D eigenvalue weighted by molar-refractivity contribution is 4.88. The van der Waals surface area contributed by atoms with Gasteiger partial charge in [0.25, 0.3) is 0 Å². The molecule has 0 aromatic carbocycles. The minimum atomic E-state index is 0.857. The fourth-order valence-electron chi connectivity index (χ4n) is 3.58. The molecule has 0 N–H and O–H groups in total. The summed E-state index contributed by atoms with van der Waals surface area (Å²) in [5, 5.41) is 0. The molecular formula is C24H48. The van der Waals surface area contributed by atoms with Gasteiger partial charge in [0.15, 0.2) is 0 Å². The quantitative estimate of drug-likeness (QED) is 0.163. The number of unbranched alkanes of at least 4 members (excludes halogenated alkanes) is 13. The van der Waals surface area contributed by atoms with Crippen molar-refractivity contribution in [3.63, 3.8) is 0 Å². The lowest BCUT2D eigenvalue weighted by atomic mass is 9.95. The second-order valence-corrected chi connectivity index (χ2v) is 7.80. The van der Waals surface area contributed by atoms with Crippen molar-refractivity contribution < 1.29 is 0 Å². The maximum absolute atomic E-state index is 2.55. The molecule has 0 aliphatic heterocycles. The van der Waals surface area contributed by atoms with Crippen molar-refractivity contribution in [3.8, 4) is 0 Å². The number of hydrogen-bond acceptors (Lipinski definition) is 0. The van der Waals surface area contributed by atoms with Crippen LogP contribution >= 0.6 is 0 Å². The van der Waals surface area contributed by atoms with Crippen LogP contribution in [-0.2, 0) is 0 Å². The normalized spacial score (nSPS) is 13.0. The van der Waals surface area contributed by atoms with Gasteiger partial charge in [0.2, 0.25) is 0 Å². The summed E-state index contributed by atoms with van der Waals surface area (Å²) in [6.07, 6.45) is 30.5. The first-order chi connectivity index (χ1) is 11.8. The average molecular weight is 337 g/mol. The van der Waals surface area contributed by atoms with Gasteiger partial charge in [0.1, 0.15) is 0 Å². The molecule has 0 aliphatic rings. The van der Waals surface area contributed by atoms with Crippen LogP contribution < -0.4 is 0 Å². The molecule has 0 aliphatic carbocycles. The van der Waals surface area contributed by atoms with E-state index in [2.05, 4.69) is 32.9 Å². The Labute approximate surface area is 154 Å². The maximum atomic E-state index is 2.55. The van der Waals surface area contributed by atoms with E-state index in [1.807, 2.05) is 0 Å². The van der Waals surface area contributed by atoms with E-state index in [-0.39, 0.29) is 0 Å². The Morgan fingerprint density at radius 3 is 1.54 bits per heavy atom. The molecule has 1 atom stereocenters. The summed E-state index contributed by atoms with van der Waals surface area (Å²) in [5.74, 6) is 0.857. The Morgan fingerprint density at radius 1 is 0.500 bits per heavy atom. The van der Waals surface area contributed by atoms with E-state index in [0.717, 1.165) is 5.92 Å². The van der Waals surface area contributed by atoms with Crippen molar-refractivity contribution >= 4 is 0 Å². The molecule has 144 valence electrons. The molecule has 0 bridgehead atoms. The van der Waals surface area contributed by atoms with Crippen molar-refractivity contribution in [1.29, 1.82) is 0 Å². The SMILES string of the molecule is CCCCCCCCCCC=CC(CCC)CCCCCCCC. The first-order valence-electron chi connectivity index (χ1n) is 11.5. The lowest BCUT2D eigenvalue weighted by molar-refractivity contribution is 0.488. The lowest BCUT2D eigenvalue weighted by Gasteiger charge is -2.11. The zero-order valence-corrected chi connectivity index (χ0v) is 17.5. The van der Waals surface area contributed by atoms with E-state index >= 15 is 0 Å². The summed E-state index contributed by atoms with van der Waals surface area (Å²) in [5.41, 5.74) is 0. The Morgan fingerprint density at radius 2 is 1.00 bits per heavy atom. The highest BCUT2D eigenvalue weighted by Crippen LogP contribution is 2.19. The first kappa shape index (κ1) is 23.7. The van der Waals surface area contributed by atoms with E-state index < -0.39 is 0 Å². The third-order valence-corrected chi connectivity index (χ3v) is 5.22. The molecule has 0 saturated carbocycles. The number of allylic oxidation sites excluding steroid dienone is 2. The topological polar surface area (TPSA) is 0 Å². The summed E-state index contributed by atoms with van der Waals surface area (Å²) in [6, 6.07) is 0. The molecule has 0 aromatic rings. The summed E-state index contributed by atoms with van der Waals surface area (Å²) < 4.78 is 0. The summed E-state index contributed by atoms with van der Waals surface area (Å²) >= 11 is 0. The van der Waals surface area contributed by atoms with Crippen molar-refractivity contribution in [2.45, 2.75) is 136 Å². The van der Waals surface area contributed by atoms with E-state index in [4.69, 9.17) is 0 Å². The molecule has 0 amide bonds. The summed E-state index contributed by atoms with van der Waals surface area (Å²) in [7, 11) is 0. The number of rotatable bonds is 19. The predicted molar refractivity (Wildman–Crippen MR) is 113 cm³/mol. The van der Waals surface area contributed by atoms with Gasteiger partial charge < -0.3 is 0 Å². The van der Waals surface area contributed by atoms with Crippen LogP contribution in [0.3, 0.4) is 0 Å². The van der Waals surface area contributed by atoms with E-state index in [1.165, 1.54) is 116 Å². The molecule has 0 nitrogen and oxygen atoms in total. The van der Waals surface area contributed by atoms with Gasteiger partial charge in [-0.05, 0) is 31.6 Å². The van der Waals surface area contributed by atoms with E-state index in [1.54, 1.807) is 0 Å². The van der Waals surface area contributed by atoms with Crippen molar-refractivity contribution in [1.82, 2.24) is 0 Å². The standard InChI is InChI=1S/C24H48/c1-4-7-9-11-13-14-15-16-18-20-23-24(21-6-3)22-19-17-12-10-8-5-2/h20,23-24H,4-19,21-22H2,1-3H3. The van der Waals surface area contributed by atoms with Crippen molar-refractivity contribution in [2.24, 2.45) is 5.92 Å². The first-order valence-corrected chi connectivity index (χ1v) is 11.5. The smallest absolute Gasteiger partial charge is 0.0234 e. The zero-order valence-electron chi connectivity index (χ0n) is 17.5. The Hall–Kier alpha value is -0.260. The van der Waals surface area contributed by atoms with Gasteiger partial charge in [-0.1, -0.05) is 123 Å². The lowest BCUT2D eigenvalue weighted by Crippen LogP contribution is -1.96. The second-order valence-electron chi connectivity index (χ2n) is 7.80. The van der Waals surface area contributed by atoms with Gasteiger partial charge in [-0.2, -0.15) is 0 Å². The third-order valence-electron chi connectivity index (χ3n) is 5.22. The highest BCUT2D eigenvalue weighted by atomic mass is 14.1. The molecule has 0 saturated heterocycles. The van der Waals surface area contributed by atoms with Crippen LogP contribution in [-0.4, -0.2) is 0 Å². The van der Waals surface area contributed by atoms with E-state index in [0.29, 0.717) is 0 Å². The summed E-state index contributed by atoms with van der Waals surface area (Å²) in [6.45, 7) is 6.93. The minimum absolute atomic E-state index is 0.857. The monoisotopic (exact) mass is 336 g/mol. The molecule has 0 heteroatoms. The van der Waals surface area contributed by atoms with Gasteiger partial charge in [0, 0.05) is 0 Å². The minimum Gasteiger partial charge on any atom is -0.0883 e. The van der Waals surface area contributed by atoms with Gasteiger partial charge in [-0.3, -0.25) is 0 Å².